The fourth-order valence-corrected chi connectivity index (χ4v) is 3.76. The average Bonchev–Trinajstić information content (AvgIpc) is 3.35. The molecule has 8 nitrogen and oxygen atoms in total. The molecule has 0 radical (unpaired) electrons. The van der Waals surface area contributed by atoms with Gasteiger partial charge >= 0.3 is 5.97 Å². The van der Waals surface area contributed by atoms with Crippen LogP contribution in [0.25, 0.3) is 0 Å². The zero-order valence-electron chi connectivity index (χ0n) is 19.7. The molecule has 34 heavy (non-hydrogen) atoms. The molecule has 2 N–H and O–H groups in total. The molecule has 0 aromatic heterocycles. The maximum Gasteiger partial charge on any atom is 0.338 e. The Morgan fingerprint density at radius 2 is 1.74 bits per heavy atom. The zero-order valence-corrected chi connectivity index (χ0v) is 19.7. The van der Waals surface area contributed by atoms with Gasteiger partial charge in [-0.15, -0.1) is 0 Å². The molecule has 1 aliphatic rings. The van der Waals surface area contributed by atoms with Crippen molar-refractivity contribution < 1.29 is 28.6 Å². The van der Waals surface area contributed by atoms with Gasteiger partial charge in [0.05, 0.1) is 30.0 Å². The minimum atomic E-state index is -0.662. The van der Waals surface area contributed by atoms with Crippen LogP contribution in [0, 0.1) is 0 Å². The lowest BCUT2D eigenvalue weighted by Crippen LogP contribution is -2.33. The minimum absolute atomic E-state index is 0.164. The second-order valence-corrected chi connectivity index (χ2v) is 8.07. The molecule has 0 aliphatic heterocycles. The number of carbonyl (C=O) groups is 3. The van der Waals surface area contributed by atoms with Crippen molar-refractivity contribution in [1.82, 2.24) is 5.32 Å². The smallest absolute Gasteiger partial charge is 0.338 e. The molecule has 0 spiro atoms. The van der Waals surface area contributed by atoms with E-state index in [4.69, 9.17) is 14.2 Å². The highest BCUT2D eigenvalue weighted by Crippen LogP contribution is 2.29. The zero-order chi connectivity index (χ0) is 24.3. The fraction of sp³-hybridized carbons (Fsp3) is 0.423. The van der Waals surface area contributed by atoms with Crippen LogP contribution in [0.15, 0.2) is 42.5 Å². The number of amides is 2. The molecule has 2 aromatic rings. The summed E-state index contributed by atoms with van der Waals surface area (Å²) in [4.78, 5) is 37.6. The van der Waals surface area contributed by atoms with E-state index in [1.807, 2.05) is 13.8 Å². The number of nitrogens with one attached hydrogen (secondary N) is 2. The molecule has 1 fully saturated rings. The van der Waals surface area contributed by atoms with E-state index < -0.39 is 18.5 Å². The summed E-state index contributed by atoms with van der Waals surface area (Å²) in [5.74, 6) is -0.441. The fourth-order valence-electron chi connectivity index (χ4n) is 3.76. The first kappa shape index (κ1) is 25.1. The third-order valence-corrected chi connectivity index (χ3v) is 5.41. The number of para-hydroxylation sites is 1. The largest absolute Gasteiger partial charge is 0.490 e. The van der Waals surface area contributed by atoms with Crippen molar-refractivity contribution in [3.05, 3.63) is 53.6 Å². The SMILES string of the molecule is CCCOc1ccc(C(=O)OCC(=O)Nc2ccccc2C(=O)NC2CCCC2)cc1OCC. The highest BCUT2D eigenvalue weighted by molar-refractivity contribution is 6.04. The van der Waals surface area contributed by atoms with Crippen LogP contribution in [0.4, 0.5) is 5.69 Å². The van der Waals surface area contributed by atoms with E-state index in [0.717, 1.165) is 32.1 Å². The van der Waals surface area contributed by atoms with E-state index in [1.54, 1.807) is 36.4 Å². The molecule has 0 saturated heterocycles. The average molecular weight is 469 g/mol. The predicted molar refractivity (Wildman–Crippen MR) is 128 cm³/mol. The number of hydrogen-bond donors (Lipinski definition) is 2. The van der Waals surface area contributed by atoms with Crippen molar-refractivity contribution >= 4 is 23.5 Å². The second-order valence-electron chi connectivity index (χ2n) is 8.07. The second kappa shape index (κ2) is 12.6. The van der Waals surface area contributed by atoms with Crippen molar-refractivity contribution in [3.63, 3.8) is 0 Å². The first-order valence-corrected chi connectivity index (χ1v) is 11.8. The number of ether oxygens (including phenoxy) is 3. The Morgan fingerprint density at radius 1 is 0.971 bits per heavy atom. The summed E-state index contributed by atoms with van der Waals surface area (Å²) < 4.78 is 16.4. The molecule has 2 amide bonds. The van der Waals surface area contributed by atoms with Crippen LogP contribution in [0.1, 0.15) is 66.7 Å². The van der Waals surface area contributed by atoms with Crippen LogP contribution in [-0.4, -0.2) is 43.6 Å². The Hall–Kier alpha value is -3.55. The first-order chi connectivity index (χ1) is 16.5. The van der Waals surface area contributed by atoms with Gasteiger partial charge in [0.15, 0.2) is 18.1 Å². The summed E-state index contributed by atoms with van der Waals surface area (Å²) in [5.41, 5.74) is 0.990. The lowest BCUT2D eigenvalue weighted by Gasteiger charge is -2.15. The Bertz CT molecular complexity index is 1000. The van der Waals surface area contributed by atoms with Crippen LogP contribution in [0.2, 0.25) is 0 Å². The number of hydrogen-bond acceptors (Lipinski definition) is 6. The van der Waals surface area contributed by atoms with Crippen molar-refractivity contribution in [3.8, 4) is 11.5 Å². The van der Waals surface area contributed by atoms with E-state index in [9.17, 15) is 14.4 Å². The summed E-state index contributed by atoms with van der Waals surface area (Å²) in [5, 5.41) is 5.68. The topological polar surface area (TPSA) is 103 Å². The summed E-state index contributed by atoms with van der Waals surface area (Å²) in [7, 11) is 0. The van der Waals surface area contributed by atoms with Gasteiger partial charge in [-0.2, -0.15) is 0 Å². The molecule has 0 atom stereocenters. The van der Waals surface area contributed by atoms with E-state index in [0.29, 0.717) is 36.0 Å². The number of anilines is 1. The monoisotopic (exact) mass is 468 g/mol. The Balaban J connectivity index is 1.58. The molecule has 1 aliphatic carbocycles. The molecule has 0 bridgehead atoms. The molecular formula is C26H32N2O6. The Kier molecular flexibility index (Phi) is 9.31. The van der Waals surface area contributed by atoms with Gasteiger partial charge in [-0.05, 0) is 56.5 Å². The quantitative estimate of drug-likeness (QED) is 0.476. The van der Waals surface area contributed by atoms with Crippen molar-refractivity contribution in [1.29, 1.82) is 0 Å². The standard InChI is InChI=1S/C26H32N2O6/c1-3-15-33-22-14-13-18(16-23(22)32-4-2)26(31)34-17-24(29)28-21-12-8-7-11-20(21)25(30)27-19-9-5-6-10-19/h7-8,11-14,16,19H,3-6,9-10,15,17H2,1-2H3,(H,27,30)(H,28,29). The number of rotatable bonds is 11. The highest BCUT2D eigenvalue weighted by Gasteiger charge is 2.20. The molecule has 2 aromatic carbocycles. The van der Waals surface area contributed by atoms with Crippen LogP contribution in [-0.2, 0) is 9.53 Å². The summed E-state index contributed by atoms with van der Waals surface area (Å²) >= 11 is 0. The van der Waals surface area contributed by atoms with E-state index in [-0.39, 0.29) is 17.5 Å². The molecule has 8 heteroatoms. The maximum atomic E-state index is 12.7. The Morgan fingerprint density at radius 3 is 2.47 bits per heavy atom. The molecule has 0 heterocycles. The van der Waals surface area contributed by atoms with Gasteiger partial charge in [0.1, 0.15) is 0 Å². The van der Waals surface area contributed by atoms with E-state index >= 15 is 0 Å². The number of benzene rings is 2. The van der Waals surface area contributed by atoms with Gasteiger partial charge in [0, 0.05) is 6.04 Å². The molecule has 1 saturated carbocycles. The summed E-state index contributed by atoms with van der Waals surface area (Å²) in [6.07, 6.45) is 4.99. The van der Waals surface area contributed by atoms with Crippen molar-refractivity contribution in [2.75, 3.05) is 25.1 Å². The number of carbonyl (C=O) groups excluding carboxylic acids is 3. The van der Waals surface area contributed by atoms with Crippen LogP contribution < -0.4 is 20.1 Å². The van der Waals surface area contributed by atoms with Gasteiger partial charge < -0.3 is 24.8 Å². The van der Waals surface area contributed by atoms with E-state index in [2.05, 4.69) is 10.6 Å². The van der Waals surface area contributed by atoms with Crippen molar-refractivity contribution in [2.24, 2.45) is 0 Å². The maximum absolute atomic E-state index is 12.7. The van der Waals surface area contributed by atoms with E-state index in [1.165, 1.54) is 6.07 Å². The minimum Gasteiger partial charge on any atom is -0.490 e. The van der Waals surface area contributed by atoms with Crippen LogP contribution in [0.3, 0.4) is 0 Å². The molecular weight excluding hydrogens is 436 g/mol. The number of esters is 1. The third kappa shape index (κ3) is 6.97. The van der Waals surface area contributed by atoms with Crippen LogP contribution >= 0.6 is 0 Å². The lowest BCUT2D eigenvalue weighted by atomic mass is 10.1. The first-order valence-electron chi connectivity index (χ1n) is 11.8. The third-order valence-electron chi connectivity index (χ3n) is 5.41. The van der Waals surface area contributed by atoms with Gasteiger partial charge in [-0.3, -0.25) is 9.59 Å². The molecule has 0 unspecified atom stereocenters. The van der Waals surface area contributed by atoms with Crippen molar-refractivity contribution in [2.45, 2.75) is 52.0 Å². The van der Waals surface area contributed by atoms with Gasteiger partial charge in [0.2, 0.25) is 0 Å². The summed E-state index contributed by atoms with van der Waals surface area (Å²) in [6, 6.07) is 11.7. The molecule has 182 valence electrons. The summed E-state index contributed by atoms with van der Waals surface area (Å²) in [6.45, 7) is 4.29. The van der Waals surface area contributed by atoms with Gasteiger partial charge in [-0.1, -0.05) is 31.9 Å². The highest BCUT2D eigenvalue weighted by atomic mass is 16.5. The molecule has 3 rings (SSSR count). The van der Waals surface area contributed by atoms with Gasteiger partial charge in [-0.25, -0.2) is 4.79 Å². The normalized spacial score (nSPS) is 13.2. The Labute approximate surface area is 200 Å². The van der Waals surface area contributed by atoms with Crippen LogP contribution in [0.5, 0.6) is 11.5 Å². The predicted octanol–water partition coefficient (Wildman–Crippen LogP) is 4.34. The lowest BCUT2D eigenvalue weighted by molar-refractivity contribution is -0.119. The van der Waals surface area contributed by atoms with Gasteiger partial charge in [0.25, 0.3) is 11.8 Å².